The zero-order valence-electron chi connectivity index (χ0n) is 11.5. The molecule has 0 amide bonds. The monoisotopic (exact) mass is 253 g/mol. The van der Waals surface area contributed by atoms with Gasteiger partial charge in [-0.2, -0.15) is 0 Å². The van der Waals surface area contributed by atoms with E-state index in [2.05, 4.69) is 26.1 Å². The Bertz CT molecular complexity index is 385. The van der Waals surface area contributed by atoms with Crippen LogP contribution in [0.4, 0.5) is 0 Å². The minimum atomic E-state index is -0.178. The van der Waals surface area contributed by atoms with Crippen LogP contribution in [0.15, 0.2) is 18.2 Å². The first kappa shape index (κ1) is 15.0. The maximum absolute atomic E-state index is 9.53. The fourth-order valence-electron chi connectivity index (χ4n) is 1.67. The molecule has 1 atom stereocenters. The lowest BCUT2D eigenvalue weighted by Gasteiger charge is -2.25. The lowest BCUT2D eigenvalue weighted by molar-refractivity contribution is 0.0957. The maximum Gasteiger partial charge on any atom is 0.121 e. The number of benzene rings is 1. The Hall–Kier alpha value is -1.10. The zero-order valence-corrected chi connectivity index (χ0v) is 11.5. The summed E-state index contributed by atoms with van der Waals surface area (Å²) in [5.74, 6) is 0.111. The van der Waals surface area contributed by atoms with Crippen molar-refractivity contribution in [1.29, 1.82) is 0 Å². The van der Waals surface area contributed by atoms with Crippen molar-refractivity contribution >= 4 is 0 Å². The molecule has 0 heterocycles. The van der Waals surface area contributed by atoms with Gasteiger partial charge in [-0.3, -0.25) is 0 Å². The highest BCUT2D eigenvalue weighted by atomic mass is 16.5. The molecule has 0 aliphatic rings. The van der Waals surface area contributed by atoms with E-state index >= 15 is 0 Å². The van der Waals surface area contributed by atoms with E-state index in [0.717, 1.165) is 5.56 Å². The Morgan fingerprint density at radius 2 is 2.00 bits per heavy atom. The first-order valence-electron chi connectivity index (χ1n) is 6.08. The minimum absolute atomic E-state index is 0.0213. The van der Waals surface area contributed by atoms with E-state index in [1.807, 2.05) is 6.07 Å². The Labute approximate surface area is 109 Å². The van der Waals surface area contributed by atoms with Gasteiger partial charge in [0.2, 0.25) is 0 Å². The van der Waals surface area contributed by atoms with E-state index in [-0.39, 0.29) is 24.0 Å². The first-order valence-corrected chi connectivity index (χ1v) is 6.08. The van der Waals surface area contributed by atoms with Gasteiger partial charge >= 0.3 is 0 Å². The van der Waals surface area contributed by atoms with Gasteiger partial charge in [0, 0.05) is 24.8 Å². The van der Waals surface area contributed by atoms with E-state index in [0.29, 0.717) is 12.1 Å². The van der Waals surface area contributed by atoms with Crippen molar-refractivity contribution in [2.24, 2.45) is 0 Å². The molecule has 3 N–H and O–H groups in total. The van der Waals surface area contributed by atoms with Gasteiger partial charge in [0.1, 0.15) is 5.75 Å². The van der Waals surface area contributed by atoms with Gasteiger partial charge in [-0.15, -0.1) is 0 Å². The van der Waals surface area contributed by atoms with Gasteiger partial charge in [-0.05, 0) is 38.5 Å². The third-order valence-corrected chi connectivity index (χ3v) is 2.75. The Kier molecular flexibility index (Phi) is 5.14. The van der Waals surface area contributed by atoms with Crippen molar-refractivity contribution in [3.8, 4) is 5.75 Å². The summed E-state index contributed by atoms with van der Waals surface area (Å²) in [5.41, 5.74) is 1.48. The highest BCUT2D eigenvalue weighted by Gasteiger charge is 2.16. The van der Waals surface area contributed by atoms with Gasteiger partial charge in [0.15, 0.2) is 0 Å². The van der Waals surface area contributed by atoms with Crippen LogP contribution in [-0.2, 0) is 11.3 Å². The van der Waals surface area contributed by atoms with Crippen molar-refractivity contribution in [3.63, 3.8) is 0 Å². The normalized spacial score (nSPS) is 13.6. The molecule has 0 saturated carbocycles. The molecule has 4 heteroatoms. The number of aliphatic hydroxyl groups is 1. The molecule has 0 aromatic heterocycles. The second-order valence-corrected chi connectivity index (χ2v) is 5.40. The molecule has 18 heavy (non-hydrogen) atoms. The summed E-state index contributed by atoms with van der Waals surface area (Å²) >= 11 is 0. The van der Waals surface area contributed by atoms with Crippen LogP contribution in [-0.4, -0.2) is 29.4 Å². The van der Waals surface area contributed by atoms with Crippen molar-refractivity contribution in [2.75, 3.05) is 13.7 Å². The molecular weight excluding hydrogens is 230 g/mol. The van der Waals surface area contributed by atoms with Crippen LogP contribution in [0.1, 0.15) is 38.0 Å². The molecule has 0 saturated heterocycles. The molecule has 1 aromatic rings. The van der Waals surface area contributed by atoms with E-state index in [4.69, 9.17) is 9.84 Å². The molecule has 1 rings (SSSR count). The zero-order chi connectivity index (χ0) is 13.8. The summed E-state index contributed by atoms with van der Waals surface area (Å²) in [6, 6.07) is 5.17. The predicted octanol–water partition coefficient (Wildman–Crippen LogP) is 1.96. The SMILES string of the molecule is COC(CNC(C)(C)C)c1ccc(O)c(CO)c1. The molecule has 0 fully saturated rings. The summed E-state index contributed by atoms with van der Waals surface area (Å²) in [5, 5.41) is 22.0. The summed E-state index contributed by atoms with van der Waals surface area (Å²) in [6.07, 6.45) is -0.102. The van der Waals surface area contributed by atoms with Crippen molar-refractivity contribution in [1.82, 2.24) is 5.32 Å². The number of nitrogens with one attached hydrogen (secondary N) is 1. The molecule has 0 spiro atoms. The van der Waals surface area contributed by atoms with Gasteiger partial charge in [-0.25, -0.2) is 0 Å². The van der Waals surface area contributed by atoms with Crippen molar-refractivity contribution in [3.05, 3.63) is 29.3 Å². The second-order valence-electron chi connectivity index (χ2n) is 5.40. The maximum atomic E-state index is 9.53. The van der Waals surface area contributed by atoms with Crippen molar-refractivity contribution < 1.29 is 14.9 Å². The minimum Gasteiger partial charge on any atom is -0.508 e. The molecular formula is C14H23NO3. The number of ether oxygens (including phenoxy) is 1. The number of methoxy groups -OCH3 is 1. The fraction of sp³-hybridized carbons (Fsp3) is 0.571. The number of hydrogen-bond donors (Lipinski definition) is 3. The van der Waals surface area contributed by atoms with E-state index in [1.54, 1.807) is 19.2 Å². The Balaban J connectivity index is 2.82. The number of hydrogen-bond acceptors (Lipinski definition) is 4. The van der Waals surface area contributed by atoms with Crippen LogP contribution in [0.5, 0.6) is 5.75 Å². The molecule has 4 nitrogen and oxygen atoms in total. The van der Waals surface area contributed by atoms with Crippen molar-refractivity contribution in [2.45, 2.75) is 39.0 Å². The number of aliphatic hydroxyl groups excluding tert-OH is 1. The molecule has 102 valence electrons. The Morgan fingerprint density at radius 1 is 1.33 bits per heavy atom. The lowest BCUT2D eigenvalue weighted by atomic mass is 10.0. The average Bonchev–Trinajstić information content (AvgIpc) is 2.30. The summed E-state index contributed by atoms with van der Waals surface area (Å²) in [7, 11) is 1.65. The quantitative estimate of drug-likeness (QED) is 0.750. The highest BCUT2D eigenvalue weighted by molar-refractivity contribution is 5.36. The molecule has 0 aliphatic carbocycles. The van der Waals surface area contributed by atoms with Crippen LogP contribution < -0.4 is 5.32 Å². The van der Waals surface area contributed by atoms with Gasteiger partial charge in [0.05, 0.1) is 12.7 Å². The predicted molar refractivity (Wildman–Crippen MR) is 71.5 cm³/mol. The number of phenols is 1. The van der Waals surface area contributed by atoms with Crippen LogP contribution in [0.2, 0.25) is 0 Å². The van der Waals surface area contributed by atoms with Gasteiger partial charge < -0.3 is 20.3 Å². The van der Waals surface area contributed by atoms with E-state index < -0.39 is 0 Å². The summed E-state index contributed by atoms with van der Waals surface area (Å²) in [4.78, 5) is 0. The van der Waals surface area contributed by atoms with E-state index in [9.17, 15) is 5.11 Å². The first-order chi connectivity index (χ1) is 8.37. The fourth-order valence-corrected chi connectivity index (χ4v) is 1.67. The highest BCUT2D eigenvalue weighted by Crippen LogP contribution is 2.24. The molecule has 0 radical (unpaired) electrons. The summed E-state index contributed by atoms with van der Waals surface area (Å²) in [6.45, 7) is 6.78. The van der Waals surface area contributed by atoms with E-state index in [1.165, 1.54) is 0 Å². The molecule has 0 bridgehead atoms. The van der Waals surface area contributed by atoms with Crippen LogP contribution >= 0.6 is 0 Å². The lowest BCUT2D eigenvalue weighted by Crippen LogP contribution is -2.38. The van der Waals surface area contributed by atoms with Crippen LogP contribution in [0.3, 0.4) is 0 Å². The average molecular weight is 253 g/mol. The van der Waals surface area contributed by atoms with Gasteiger partial charge in [0.25, 0.3) is 0 Å². The topological polar surface area (TPSA) is 61.7 Å². The largest absolute Gasteiger partial charge is 0.508 e. The second kappa shape index (κ2) is 6.18. The number of aromatic hydroxyl groups is 1. The molecule has 1 unspecified atom stereocenters. The summed E-state index contributed by atoms with van der Waals surface area (Å²) < 4.78 is 5.45. The van der Waals surface area contributed by atoms with Crippen LogP contribution in [0, 0.1) is 0 Å². The third kappa shape index (κ3) is 4.29. The molecule has 0 aliphatic heterocycles. The standard InChI is InChI=1S/C14H23NO3/c1-14(2,3)15-8-13(18-4)10-5-6-12(17)11(7-10)9-16/h5-7,13,15-17H,8-9H2,1-4H3. The van der Waals surface area contributed by atoms with Gasteiger partial charge in [-0.1, -0.05) is 6.07 Å². The van der Waals surface area contributed by atoms with Crippen LogP contribution in [0.25, 0.3) is 0 Å². The number of rotatable bonds is 5. The Morgan fingerprint density at radius 3 is 2.50 bits per heavy atom. The molecule has 1 aromatic carbocycles. The third-order valence-electron chi connectivity index (χ3n) is 2.75. The smallest absolute Gasteiger partial charge is 0.121 e.